The third-order valence-corrected chi connectivity index (χ3v) is 3.21. The number of benzene rings is 1. The van der Waals surface area contributed by atoms with Gasteiger partial charge < -0.3 is 15.8 Å². The molecule has 110 valence electrons. The van der Waals surface area contributed by atoms with Crippen LogP contribution in [0.15, 0.2) is 48.8 Å². The first-order chi connectivity index (χ1) is 10.1. The van der Waals surface area contributed by atoms with Gasteiger partial charge in [-0.3, -0.25) is 9.78 Å². The number of pyridine rings is 1. The summed E-state index contributed by atoms with van der Waals surface area (Å²) in [7, 11) is 0. The van der Waals surface area contributed by atoms with Crippen LogP contribution < -0.4 is 15.8 Å². The normalized spacial score (nSPS) is 13.3. The van der Waals surface area contributed by atoms with Crippen LogP contribution in [-0.4, -0.2) is 16.9 Å². The quantitative estimate of drug-likeness (QED) is 0.885. The number of hydrogen-bond acceptors (Lipinski definition) is 4. The number of nitrogens with two attached hydrogens (primary N) is 1. The maximum absolute atomic E-state index is 11.9. The van der Waals surface area contributed by atoms with Crippen molar-refractivity contribution >= 4 is 11.6 Å². The Balaban J connectivity index is 1.98. The number of nitrogens with one attached hydrogen (secondary N) is 1. The number of ether oxygens (including phenoxy) is 1. The molecule has 2 atom stereocenters. The Morgan fingerprint density at radius 1 is 1.10 bits per heavy atom. The molecule has 0 saturated heterocycles. The van der Waals surface area contributed by atoms with Crippen molar-refractivity contribution in [2.24, 2.45) is 11.7 Å². The molecule has 0 saturated carbocycles. The highest BCUT2D eigenvalue weighted by molar-refractivity contribution is 5.92. The number of nitrogens with zero attached hydrogens (tertiary/aromatic N) is 1. The fourth-order valence-corrected chi connectivity index (χ4v) is 1.64. The Labute approximate surface area is 124 Å². The van der Waals surface area contributed by atoms with Gasteiger partial charge in [0.15, 0.2) is 0 Å². The third-order valence-electron chi connectivity index (χ3n) is 3.21. The van der Waals surface area contributed by atoms with E-state index in [0.29, 0.717) is 11.5 Å². The Morgan fingerprint density at radius 3 is 2.24 bits per heavy atom. The predicted octanol–water partition coefficient (Wildman–Crippen LogP) is 2.80. The minimum Gasteiger partial charge on any atom is -0.457 e. The molecule has 0 radical (unpaired) electrons. The van der Waals surface area contributed by atoms with Gasteiger partial charge in [-0.05, 0) is 43.3 Å². The van der Waals surface area contributed by atoms with Crippen molar-refractivity contribution in [3.63, 3.8) is 0 Å². The van der Waals surface area contributed by atoms with Crippen molar-refractivity contribution in [1.82, 2.24) is 4.98 Å². The Hall–Kier alpha value is -2.40. The largest absolute Gasteiger partial charge is 0.457 e. The van der Waals surface area contributed by atoms with E-state index in [9.17, 15) is 4.79 Å². The highest BCUT2D eigenvalue weighted by Crippen LogP contribution is 2.22. The summed E-state index contributed by atoms with van der Waals surface area (Å²) < 4.78 is 5.65. The van der Waals surface area contributed by atoms with E-state index in [1.54, 1.807) is 55.7 Å². The van der Waals surface area contributed by atoms with Crippen LogP contribution in [0.4, 0.5) is 5.69 Å². The molecule has 0 aliphatic heterocycles. The first kappa shape index (κ1) is 15.0. The van der Waals surface area contributed by atoms with Gasteiger partial charge in [-0.2, -0.15) is 0 Å². The molecular formula is C16H19N3O2. The van der Waals surface area contributed by atoms with Crippen molar-refractivity contribution < 1.29 is 9.53 Å². The Morgan fingerprint density at radius 2 is 1.67 bits per heavy atom. The highest BCUT2D eigenvalue weighted by Gasteiger charge is 2.16. The Bertz CT molecular complexity index is 582. The summed E-state index contributed by atoms with van der Waals surface area (Å²) in [5.41, 5.74) is 6.43. The van der Waals surface area contributed by atoms with Gasteiger partial charge in [-0.15, -0.1) is 0 Å². The molecule has 1 amide bonds. The van der Waals surface area contributed by atoms with Gasteiger partial charge in [0.2, 0.25) is 5.91 Å². The number of amides is 1. The molecule has 0 bridgehead atoms. The molecule has 2 unspecified atom stereocenters. The average Bonchev–Trinajstić information content (AvgIpc) is 2.49. The van der Waals surface area contributed by atoms with E-state index in [2.05, 4.69) is 10.3 Å². The summed E-state index contributed by atoms with van der Waals surface area (Å²) in [5.74, 6) is 1.08. The summed E-state index contributed by atoms with van der Waals surface area (Å²) in [5, 5.41) is 2.83. The molecule has 1 aromatic carbocycles. The number of hydrogen-bond donors (Lipinski definition) is 2. The molecule has 1 aromatic heterocycles. The summed E-state index contributed by atoms with van der Waals surface area (Å²) in [4.78, 5) is 15.8. The molecule has 2 aromatic rings. The standard InChI is InChI=1S/C16H19N3O2/c1-11(12(2)17)16(20)19-13-3-5-14(6-4-13)21-15-7-9-18-10-8-15/h3-12H,17H2,1-2H3,(H,19,20). The molecule has 21 heavy (non-hydrogen) atoms. The monoisotopic (exact) mass is 285 g/mol. The van der Waals surface area contributed by atoms with Gasteiger partial charge in [0.25, 0.3) is 0 Å². The zero-order chi connectivity index (χ0) is 15.2. The van der Waals surface area contributed by atoms with Gasteiger partial charge in [-0.25, -0.2) is 0 Å². The molecule has 2 rings (SSSR count). The van der Waals surface area contributed by atoms with Crippen LogP contribution >= 0.6 is 0 Å². The lowest BCUT2D eigenvalue weighted by Crippen LogP contribution is -2.34. The second-order valence-corrected chi connectivity index (χ2v) is 4.95. The zero-order valence-corrected chi connectivity index (χ0v) is 12.1. The Kier molecular flexibility index (Phi) is 4.90. The first-order valence-corrected chi connectivity index (χ1v) is 6.80. The number of anilines is 1. The lowest BCUT2D eigenvalue weighted by molar-refractivity contribution is -0.119. The smallest absolute Gasteiger partial charge is 0.228 e. The lowest BCUT2D eigenvalue weighted by atomic mass is 10.0. The highest BCUT2D eigenvalue weighted by atomic mass is 16.5. The minimum absolute atomic E-state index is 0.0900. The molecule has 0 fully saturated rings. The molecular weight excluding hydrogens is 266 g/mol. The molecule has 5 heteroatoms. The summed E-state index contributed by atoms with van der Waals surface area (Å²) >= 11 is 0. The molecule has 0 spiro atoms. The van der Waals surface area contributed by atoms with E-state index < -0.39 is 0 Å². The van der Waals surface area contributed by atoms with Crippen molar-refractivity contribution in [2.75, 3.05) is 5.32 Å². The van der Waals surface area contributed by atoms with Crippen molar-refractivity contribution in [3.05, 3.63) is 48.8 Å². The van der Waals surface area contributed by atoms with Crippen LogP contribution in [0, 0.1) is 5.92 Å². The molecule has 0 aliphatic carbocycles. The van der Waals surface area contributed by atoms with E-state index in [1.165, 1.54) is 0 Å². The van der Waals surface area contributed by atoms with Crippen LogP contribution in [0.5, 0.6) is 11.5 Å². The maximum Gasteiger partial charge on any atom is 0.228 e. The summed E-state index contributed by atoms with van der Waals surface area (Å²) in [6.45, 7) is 3.62. The number of aromatic nitrogens is 1. The van der Waals surface area contributed by atoms with Crippen molar-refractivity contribution in [3.8, 4) is 11.5 Å². The second kappa shape index (κ2) is 6.85. The fraction of sp³-hybridized carbons (Fsp3) is 0.250. The average molecular weight is 285 g/mol. The summed E-state index contributed by atoms with van der Waals surface area (Å²) in [6, 6.07) is 10.6. The molecule has 3 N–H and O–H groups in total. The summed E-state index contributed by atoms with van der Waals surface area (Å²) in [6.07, 6.45) is 3.33. The van der Waals surface area contributed by atoms with E-state index in [0.717, 1.165) is 5.69 Å². The van der Waals surface area contributed by atoms with Crippen molar-refractivity contribution in [2.45, 2.75) is 19.9 Å². The third kappa shape index (κ3) is 4.29. The van der Waals surface area contributed by atoms with Crippen LogP contribution in [0.3, 0.4) is 0 Å². The number of carbonyl (C=O) groups excluding carboxylic acids is 1. The lowest BCUT2D eigenvalue weighted by Gasteiger charge is -2.15. The van der Waals surface area contributed by atoms with E-state index >= 15 is 0 Å². The fourth-order valence-electron chi connectivity index (χ4n) is 1.64. The maximum atomic E-state index is 11.9. The zero-order valence-electron chi connectivity index (χ0n) is 12.1. The topological polar surface area (TPSA) is 77.2 Å². The van der Waals surface area contributed by atoms with Gasteiger partial charge in [0.05, 0.1) is 5.92 Å². The molecule has 0 aliphatic rings. The molecule has 5 nitrogen and oxygen atoms in total. The number of carbonyl (C=O) groups is 1. The van der Waals surface area contributed by atoms with E-state index in [4.69, 9.17) is 10.5 Å². The first-order valence-electron chi connectivity index (χ1n) is 6.80. The predicted molar refractivity (Wildman–Crippen MR) is 82.2 cm³/mol. The number of rotatable bonds is 5. The van der Waals surface area contributed by atoms with E-state index in [1.807, 2.05) is 6.92 Å². The van der Waals surface area contributed by atoms with Crippen LogP contribution in [0.25, 0.3) is 0 Å². The van der Waals surface area contributed by atoms with Gasteiger partial charge in [0.1, 0.15) is 11.5 Å². The van der Waals surface area contributed by atoms with Gasteiger partial charge in [-0.1, -0.05) is 6.92 Å². The van der Waals surface area contributed by atoms with Crippen LogP contribution in [-0.2, 0) is 4.79 Å². The van der Waals surface area contributed by atoms with Gasteiger partial charge in [0, 0.05) is 24.1 Å². The van der Waals surface area contributed by atoms with Crippen LogP contribution in [0.1, 0.15) is 13.8 Å². The van der Waals surface area contributed by atoms with Gasteiger partial charge >= 0.3 is 0 Å². The van der Waals surface area contributed by atoms with Crippen LogP contribution in [0.2, 0.25) is 0 Å². The van der Waals surface area contributed by atoms with E-state index in [-0.39, 0.29) is 17.9 Å². The molecule has 1 heterocycles. The second-order valence-electron chi connectivity index (χ2n) is 4.95. The minimum atomic E-state index is -0.238. The SMILES string of the molecule is CC(N)C(C)C(=O)Nc1ccc(Oc2ccncc2)cc1. The van der Waals surface area contributed by atoms with Crippen molar-refractivity contribution in [1.29, 1.82) is 0 Å².